The molecule has 0 unspecified atom stereocenters. The Bertz CT molecular complexity index is 2440. The molecule has 0 saturated carbocycles. The summed E-state index contributed by atoms with van der Waals surface area (Å²) in [6.45, 7) is 0. The van der Waals surface area contributed by atoms with Crippen molar-refractivity contribution >= 4 is 43.4 Å². The number of para-hydroxylation sites is 1. The number of hydrogen-bond acceptors (Lipinski definition) is 5. The highest BCUT2D eigenvalue weighted by atomic mass is 32.1. The van der Waals surface area contributed by atoms with E-state index in [9.17, 15) is 0 Å². The van der Waals surface area contributed by atoms with Crippen molar-refractivity contribution in [2.45, 2.75) is 0 Å². The molecule has 0 fully saturated rings. The van der Waals surface area contributed by atoms with Gasteiger partial charge in [0, 0.05) is 38.7 Å². The standard InChI is InChI=1S/C40H25N5S/c1-4-12-26(13-5-1)37-42-38(27-14-6-2-7-15-27)44-39(43-37)28-20-22-30(23-21-28)45-34-19-11-10-18-31(34)32-24-25-33-36(35(32)45)46-40(41-33)29-16-8-3-9-17-29/h1-25H. The highest BCUT2D eigenvalue weighted by Gasteiger charge is 2.18. The Morgan fingerprint density at radius 1 is 0.413 bits per heavy atom. The minimum atomic E-state index is 0.638. The van der Waals surface area contributed by atoms with Gasteiger partial charge in [-0.25, -0.2) is 19.9 Å². The summed E-state index contributed by atoms with van der Waals surface area (Å²) in [5.74, 6) is 1.94. The number of fused-ring (bicyclic) bond motifs is 5. The van der Waals surface area contributed by atoms with Crippen LogP contribution < -0.4 is 0 Å². The van der Waals surface area contributed by atoms with E-state index < -0.39 is 0 Å². The molecule has 6 heteroatoms. The summed E-state index contributed by atoms with van der Waals surface area (Å²) >= 11 is 1.74. The van der Waals surface area contributed by atoms with Crippen LogP contribution in [0.3, 0.4) is 0 Å². The van der Waals surface area contributed by atoms with Crippen LogP contribution in [-0.4, -0.2) is 24.5 Å². The van der Waals surface area contributed by atoms with E-state index in [2.05, 4.69) is 89.5 Å². The highest BCUT2D eigenvalue weighted by Crippen LogP contribution is 2.41. The van der Waals surface area contributed by atoms with Gasteiger partial charge < -0.3 is 4.57 Å². The predicted molar refractivity (Wildman–Crippen MR) is 189 cm³/mol. The van der Waals surface area contributed by atoms with Crippen LogP contribution in [0.15, 0.2) is 152 Å². The molecule has 5 nitrogen and oxygen atoms in total. The van der Waals surface area contributed by atoms with Gasteiger partial charge in [0.15, 0.2) is 17.5 Å². The Hall–Kier alpha value is -5.98. The van der Waals surface area contributed by atoms with E-state index >= 15 is 0 Å². The summed E-state index contributed by atoms with van der Waals surface area (Å²) in [5.41, 5.74) is 8.36. The molecule has 9 aromatic rings. The van der Waals surface area contributed by atoms with Crippen molar-refractivity contribution in [3.63, 3.8) is 0 Å². The maximum absolute atomic E-state index is 5.04. The second-order valence-corrected chi connectivity index (χ2v) is 12.1. The van der Waals surface area contributed by atoms with Crippen LogP contribution in [0.2, 0.25) is 0 Å². The topological polar surface area (TPSA) is 56.5 Å². The van der Waals surface area contributed by atoms with Crippen LogP contribution in [0.1, 0.15) is 0 Å². The van der Waals surface area contributed by atoms with Gasteiger partial charge in [0.2, 0.25) is 0 Å². The van der Waals surface area contributed by atoms with Gasteiger partial charge in [-0.2, -0.15) is 0 Å². The summed E-state index contributed by atoms with van der Waals surface area (Å²) in [6.07, 6.45) is 0. The molecule has 0 saturated heterocycles. The van der Waals surface area contributed by atoms with E-state index in [4.69, 9.17) is 19.9 Å². The summed E-state index contributed by atoms with van der Waals surface area (Å²) in [7, 11) is 0. The summed E-state index contributed by atoms with van der Waals surface area (Å²) in [5, 5.41) is 3.46. The molecule has 0 bridgehead atoms. The first-order valence-electron chi connectivity index (χ1n) is 15.2. The van der Waals surface area contributed by atoms with Gasteiger partial charge in [-0.1, -0.05) is 109 Å². The van der Waals surface area contributed by atoms with Crippen LogP contribution in [0, 0.1) is 0 Å². The van der Waals surface area contributed by atoms with E-state index in [1.807, 2.05) is 66.7 Å². The smallest absolute Gasteiger partial charge is 0.164 e. The van der Waals surface area contributed by atoms with E-state index in [1.165, 1.54) is 21.0 Å². The first kappa shape index (κ1) is 26.4. The normalized spacial score (nSPS) is 11.5. The van der Waals surface area contributed by atoms with E-state index in [0.717, 1.165) is 44.0 Å². The predicted octanol–water partition coefficient (Wildman–Crippen LogP) is 10.2. The molecule has 3 heterocycles. The molecule has 0 spiro atoms. The molecule has 0 radical (unpaired) electrons. The van der Waals surface area contributed by atoms with Gasteiger partial charge in [0.1, 0.15) is 5.01 Å². The maximum atomic E-state index is 5.04. The van der Waals surface area contributed by atoms with Crippen molar-refractivity contribution in [3.8, 4) is 50.4 Å². The van der Waals surface area contributed by atoms with Gasteiger partial charge in [0.05, 0.1) is 21.3 Å². The number of nitrogens with zero attached hydrogens (tertiary/aromatic N) is 5. The maximum Gasteiger partial charge on any atom is 0.164 e. The number of thiazole rings is 1. The van der Waals surface area contributed by atoms with Crippen LogP contribution >= 0.6 is 11.3 Å². The molecular formula is C40H25N5S. The lowest BCUT2D eigenvalue weighted by atomic mass is 10.1. The third-order valence-electron chi connectivity index (χ3n) is 8.29. The zero-order valence-corrected chi connectivity index (χ0v) is 25.4. The Labute approximate surface area is 269 Å². The molecule has 0 amide bonds. The molecule has 6 aromatic carbocycles. The molecule has 3 aromatic heterocycles. The van der Waals surface area contributed by atoms with Crippen LogP contribution in [0.5, 0.6) is 0 Å². The summed E-state index contributed by atoms with van der Waals surface area (Å²) in [6, 6.07) is 52.0. The van der Waals surface area contributed by atoms with Crippen LogP contribution in [0.4, 0.5) is 0 Å². The molecule has 0 atom stereocenters. The Morgan fingerprint density at radius 2 is 0.935 bits per heavy atom. The molecule has 9 rings (SSSR count). The van der Waals surface area contributed by atoms with Gasteiger partial charge >= 0.3 is 0 Å². The van der Waals surface area contributed by atoms with Crippen molar-refractivity contribution in [2.24, 2.45) is 0 Å². The Morgan fingerprint density at radius 3 is 1.54 bits per heavy atom. The first-order chi connectivity index (χ1) is 22.8. The van der Waals surface area contributed by atoms with Crippen molar-refractivity contribution in [1.29, 1.82) is 0 Å². The van der Waals surface area contributed by atoms with E-state index in [0.29, 0.717) is 17.5 Å². The quantitative estimate of drug-likeness (QED) is 0.195. The molecule has 0 N–H and O–H groups in total. The first-order valence-corrected chi connectivity index (χ1v) is 16.0. The zero-order valence-electron chi connectivity index (χ0n) is 24.6. The zero-order chi connectivity index (χ0) is 30.5. The fraction of sp³-hybridized carbons (Fsp3) is 0. The minimum absolute atomic E-state index is 0.638. The molecule has 46 heavy (non-hydrogen) atoms. The van der Waals surface area contributed by atoms with Gasteiger partial charge in [-0.3, -0.25) is 0 Å². The second-order valence-electron chi connectivity index (χ2n) is 11.1. The largest absolute Gasteiger partial charge is 0.308 e. The van der Waals surface area contributed by atoms with Gasteiger partial charge in [-0.15, -0.1) is 11.3 Å². The minimum Gasteiger partial charge on any atom is -0.308 e. The lowest BCUT2D eigenvalue weighted by Gasteiger charge is -2.11. The lowest BCUT2D eigenvalue weighted by molar-refractivity contribution is 1.07. The molecule has 0 aliphatic rings. The fourth-order valence-electron chi connectivity index (χ4n) is 6.10. The molecule has 0 aliphatic carbocycles. The third kappa shape index (κ3) is 4.47. The highest BCUT2D eigenvalue weighted by molar-refractivity contribution is 7.22. The van der Waals surface area contributed by atoms with Crippen molar-refractivity contribution in [1.82, 2.24) is 24.5 Å². The molecule has 216 valence electrons. The number of hydrogen-bond donors (Lipinski definition) is 0. The van der Waals surface area contributed by atoms with Crippen molar-refractivity contribution < 1.29 is 0 Å². The van der Waals surface area contributed by atoms with Crippen molar-refractivity contribution in [3.05, 3.63) is 152 Å². The number of benzene rings is 6. The third-order valence-corrected chi connectivity index (χ3v) is 9.42. The van der Waals surface area contributed by atoms with Crippen LogP contribution in [0.25, 0.3) is 82.4 Å². The average molecular weight is 608 g/mol. The average Bonchev–Trinajstić information content (AvgIpc) is 3.73. The van der Waals surface area contributed by atoms with Crippen LogP contribution in [-0.2, 0) is 0 Å². The Balaban J connectivity index is 1.21. The Kier molecular flexibility index (Phi) is 6.25. The van der Waals surface area contributed by atoms with Gasteiger partial charge in [-0.05, 0) is 42.5 Å². The molecular weight excluding hydrogens is 583 g/mol. The SMILES string of the molecule is c1ccc(-c2nc(-c3ccccc3)nc(-c3ccc(-n4c5ccccc5c5ccc6nc(-c7ccccc7)sc6c54)cc3)n2)cc1. The van der Waals surface area contributed by atoms with Gasteiger partial charge in [0.25, 0.3) is 0 Å². The second kappa shape index (κ2) is 10.9. The molecule has 0 aliphatic heterocycles. The van der Waals surface area contributed by atoms with Crippen molar-refractivity contribution in [2.75, 3.05) is 0 Å². The summed E-state index contributed by atoms with van der Waals surface area (Å²) in [4.78, 5) is 19.7. The lowest BCUT2D eigenvalue weighted by Crippen LogP contribution is -2.00. The summed E-state index contributed by atoms with van der Waals surface area (Å²) < 4.78 is 3.54. The number of aromatic nitrogens is 5. The number of rotatable bonds is 5. The monoisotopic (exact) mass is 607 g/mol. The fourth-order valence-corrected chi connectivity index (χ4v) is 7.21. The van der Waals surface area contributed by atoms with E-state index in [1.54, 1.807) is 11.3 Å². The van der Waals surface area contributed by atoms with E-state index in [-0.39, 0.29) is 0 Å².